The zero-order chi connectivity index (χ0) is 14.9. The molecule has 1 aromatic rings. The molecule has 112 valence electrons. The van der Waals surface area contributed by atoms with E-state index in [0.29, 0.717) is 18.0 Å². The molecular formula is C15H20F3NO. The standard InChI is InChI=1S/C15H20F3NO/c1-10(2)13-4-3-7-19(13)14-6-5-11(9-20)8-12(14)15(16,17)18/h5-6,8,10,13,20H,3-4,7,9H2,1-2H3. The summed E-state index contributed by atoms with van der Waals surface area (Å²) >= 11 is 0. The molecule has 1 unspecified atom stereocenters. The zero-order valence-electron chi connectivity index (χ0n) is 11.7. The van der Waals surface area contributed by atoms with Gasteiger partial charge in [-0.05, 0) is 36.5 Å². The molecule has 0 saturated carbocycles. The number of hydrogen-bond acceptors (Lipinski definition) is 2. The summed E-state index contributed by atoms with van der Waals surface area (Å²) in [5, 5.41) is 9.04. The zero-order valence-corrected chi connectivity index (χ0v) is 11.7. The minimum absolute atomic E-state index is 0.149. The topological polar surface area (TPSA) is 23.5 Å². The van der Waals surface area contributed by atoms with E-state index in [4.69, 9.17) is 5.11 Å². The lowest BCUT2D eigenvalue weighted by molar-refractivity contribution is -0.137. The van der Waals surface area contributed by atoms with E-state index in [9.17, 15) is 13.2 Å². The van der Waals surface area contributed by atoms with Gasteiger partial charge in [0, 0.05) is 18.3 Å². The number of halogens is 3. The summed E-state index contributed by atoms with van der Waals surface area (Å²) in [6.07, 6.45) is -2.55. The lowest BCUT2D eigenvalue weighted by atomic mass is 10.00. The summed E-state index contributed by atoms with van der Waals surface area (Å²) in [6, 6.07) is 4.27. The Morgan fingerprint density at radius 1 is 1.35 bits per heavy atom. The maximum atomic E-state index is 13.2. The van der Waals surface area contributed by atoms with E-state index in [2.05, 4.69) is 0 Å². The molecule has 0 bridgehead atoms. The fourth-order valence-electron chi connectivity index (χ4n) is 2.94. The Labute approximate surface area is 117 Å². The van der Waals surface area contributed by atoms with Crippen molar-refractivity contribution >= 4 is 5.69 Å². The van der Waals surface area contributed by atoms with Crippen LogP contribution < -0.4 is 4.90 Å². The van der Waals surface area contributed by atoms with E-state index in [1.54, 1.807) is 6.07 Å². The Kier molecular flexibility index (Phi) is 4.28. The molecule has 20 heavy (non-hydrogen) atoms. The first-order valence-corrected chi connectivity index (χ1v) is 6.92. The summed E-state index contributed by atoms with van der Waals surface area (Å²) in [5.41, 5.74) is -0.108. The number of nitrogens with zero attached hydrogens (tertiary/aromatic N) is 1. The SMILES string of the molecule is CC(C)C1CCCN1c1ccc(CO)cc1C(F)(F)F. The molecule has 1 N–H and O–H groups in total. The van der Waals surface area contributed by atoms with Crippen LogP contribution in [-0.4, -0.2) is 17.7 Å². The minimum Gasteiger partial charge on any atom is -0.392 e. The van der Waals surface area contributed by atoms with Crippen molar-refractivity contribution in [3.8, 4) is 0 Å². The average Bonchev–Trinajstić information content (AvgIpc) is 2.86. The summed E-state index contributed by atoms with van der Waals surface area (Å²) in [6.45, 7) is 4.36. The Hall–Kier alpha value is -1.23. The fourth-order valence-corrected chi connectivity index (χ4v) is 2.94. The second-order valence-electron chi connectivity index (χ2n) is 5.65. The Morgan fingerprint density at radius 3 is 2.60 bits per heavy atom. The van der Waals surface area contributed by atoms with E-state index < -0.39 is 11.7 Å². The lowest BCUT2D eigenvalue weighted by Gasteiger charge is -2.32. The molecule has 5 heteroatoms. The first-order chi connectivity index (χ1) is 9.34. The highest BCUT2D eigenvalue weighted by Crippen LogP contribution is 2.40. The van der Waals surface area contributed by atoms with Crippen molar-refractivity contribution in [1.29, 1.82) is 0 Å². The molecule has 2 rings (SSSR count). The highest BCUT2D eigenvalue weighted by Gasteiger charge is 2.38. The monoisotopic (exact) mass is 287 g/mol. The van der Waals surface area contributed by atoms with Crippen LogP contribution in [0.3, 0.4) is 0 Å². The van der Waals surface area contributed by atoms with Crippen molar-refractivity contribution in [1.82, 2.24) is 0 Å². The van der Waals surface area contributed by atoms with Gasteiger partial charge in [-0.1, -0.05) is 19.9 Å². The Morgan fingerprint density at radius 2 is 2.05 bits per heavy atom. The lowest BCUT2D eigenvalue weighted by Crippen LogP contribution is -2.34. The summed E-state index contributed by atoms with van der Waals surface area (Å²) < 4.78 is 39.7. The molecule has 0 spiro atoms. The van der Waals surface area contributed by atoms with Crippen molar-refractivity contribution in [3.63, 3.8) is 0 Å². The molecule has 2 nitrogen and oxygen atoms in total. The van der Waals surface area contributed by atoms with Crippen LogP contribution >= 0.6 is 0 Å². The van der Waals surface area contributed by atoms with E-state index in [1.807, 2.05) is 18.7 Å². The summed E-state index contributed by atoms with van der Waals surface area (Å²) in [7, 11) is 0. The highest BCUT2D eigenvalue weighted by molar-refractivity contribution is 5.58. The third-order valence-corrected chi connectivity index (χ3v) is 3.93. The molecule has 0 aliphatic carbocycles. The summed E-state index contributed by atoms with van der Waals surface area (Å²) in [5.74, 6) is 0.316. The van der Waals surface area contributed by atoms with Crippen LogP contribution in [-0.2, 0) is 12.8 Å². The van der Waals surface area contributed by atoms with Gasteiger partial charge in [0.2, 0.25) is 0 Å². The van der Waals surface area contributed by atoms with Crippen LogP contribution in [0.15, 0.2) is 18.2 Å². The molecule has 1 atom stereocenters. The fraction of sp³-hybridized carbons (Fsp3) is 0.600. The van der Waals surface area contributed by atoms with Gasteiger partial charge in [0.05, 0.1) is 12.2 Å². The van der Waals surface area contributed by atoms with E-state index in [0.717, 1.165) is 18.9 Å². The number of aliphatic hydroxyl groups is 1. The minimum atomic E-state index is -4.40. The predicted octanol–water partition coefficient (Wildman–Crippen LogP) is 3.82. The number of rotatable bonds is 3. The van der Waals surface area contributed by atoms with Gasteiger partial charge in [-0.15, -0.1) is 0 Å². The van der Waals surface area contributed by atoms with Gasteiger partial charge in [-0.25, -0.2) is 0 Å². The van der Waals surface area contributed by atoms with E-state index in [-0.39, 0.29) is 18.3 Å². The van der Waals surface area contributed by atoms with Gasteiger partial charge < -0.3 is 10.0 Å². The number of benzene rings is 1. The van der Waals surface area contributed by atoms with Gasteiger partial charge >= 0.3 is 6.18 Å². The average molecular weight is 287 g/mol. The number of alkyl halides is 3. The van der Waals surface area contributed by atoms with Crippen LogP contribution in [0.4, 0.5) is 18.9 Å². The van der Waals surface area contributed by atoms with Crippen molar-refractivity contribution < 1.29 is 18.3 Å². The molecule has 1 heterocycles. The molecule has 1 aliphatic heterocycles. The van der Waals surface area contributed by atoms with Crippen molar-refractivity contribution in [2.45, 2.75) is 45.5 Å². The van der Waals surface area contributed by atoms with Gasteiger partial charge in [0.15, 0.2) is 0 Å². The van der Waals surface area contributed by atoms with Crippen molar-refractivity contribution in [3.05, 3.63) is 29.3 Å². The second kappa shape index (κ2) is 5.64. The molecular weight excluding hydrogens is 267 g/mol. The molecule has 1 aliphatic rings. The molecule has 1 aromatic carbocycles. The van der Waals surface area contributed by atoms with Gasteiger partial charge in [0.1, 0.15) is 0 Å². The molecule has 0 radical (unpaired) electrons. The quantitative estimate of drug-likeness (QED) is 0.913. The van der Waals surface area contributed by atoms with Crippen LogP contribution in [0.2, 0.25) is 0 Å². The number of hydrogen-bond donors (Lipinski definition) is 1. The van der Waals surface area contributed by atoms with Crippen LogP contribution in [0, 0.1) is 5.92 Å². The van der Waals surface area contributed by atoms with Crippen molar-refractivity contribution in [2.75, 3.05) is 11.4 Å². The number of anilines is 1. The summed E-state index contributed by atoms with van der Waals surface area (Å²) in [4.78, 5) is 1.87. The van der Waals surface area contributed by atoms with Crippen LogP contribution in [0.1, 0.15) is 37.8 Å². The normalized spacial score (nSPS) is 19.9. The smallest absolute Gasteiger partial charge is 0.392 e. The number of aliphatic hydroxyl groups excluding tert-OH is 1. The molecule has 1 saturated heterocycles. The van der Waals surface area contributed by atoms with E-state index in [1.165, 1.54) is 6.07 Å². The predicted molar refractivity (Wildman–Crippen MR) is 72.6 cm³/mol. The van der Waals surface area contributed by atoms with Crippen LogP contribution in [0.5, 0.6) is 0 Å². The third kappa shape index (κ3) is 2.92. The molecule has 1 fully saturated rings. The van der Waals surface area contributed by atoms with E-state index >= 15 is 0 Å². The Bertz CT molecular complexity index is 471. The maximum Gasteiger partial charge on any atom is 0.418 e. The third-order valence-electron chi connectivity index (χ3n) is 3.93. The van der Waals surface area contributed by atoms with Gasteiger partial charge in [0.25, 0.3) is 0 Å². The Balaban J connectivity index is 2.45. The van der Waals surface area contributed by atoms with Crippen molar-refractivity contribution in [2.24, 2.45) is 5.92 Å². The largest absolute Gasteiger partial charge is 0.418 e. The second-order valence-corrected chi connectivity index (χ2v) is 5.65. The van der Waals surface area contributed by atoms with Crippen LogP contribution in [0.25, 0.3) is 0 Å². The highest BCUT2D eigenvalue weighted by atomic mass is 19.4. The molecule has 0 aromatic heterocycles. The first kappa shape index (κ1) is 15.2. The maximum absolute atomic E-state index is 13.2. The molecule has 0 amide bonds. The van der Waals surface area contributed by atoms with Gasteiger partial charge in [-0.3, -0.25) is 0 Å². The first-order valence-electron chi connectivity index (χ1n) is 6.92. The van der Waals surface area contributed by atoms with Gasteiger partial charge in [-0.2, -0.15) is 13.2 Å².